The zero-order valence-electron chi connectivity index (χ0n) is 14.5. The fraction of sp³-hybridized carbons (Fsp3) is 0.444. The van der Waals surface area contributed by atoms with Crippen molar-refractivity contribution in [3.8, 4) is 10.6 Å². The lowest BCUT2D eigenvalue weighted by Gasteiger charge is -2.31. The van der Waals surface area contributed by atoms with Gasteiger partial charge >= 0.3 is 0 Å². The van der Waals surface area contributed by atoms with E-state index in [1.54, 1.807) is 12.1 Å². The molecule has 0 spiro atoms. The monoisotopic (exact) mass is 433 g/mol. The quantitative estimate of drug-likeness (QED) is 0.720. The molecule has 0 unspecified atom stereocenters. The molecule has 0 atom stereocenters. The number of thiazole rings is 1. The third-order valence-electron chi connectivity index (χ3n) is 4.47. The van der Waals surface area contributed by atoms with Gasteiger partial charge in [0.2, 0.25) is 0 Å². The van der Waals surface area contributed by atoms with Crippen LogP contribution in [0.3, 0.4) is 0 Å². The number of piperidine rings is 1. The number of likely N-dealkylation sites (tertiary alicyclic amines) is 1. The molecule has 0 aliphatic carbocycles. The van der Waals surface area contributed by atoms with Crippen molar-refractivity contribution < 1.29 is 4.79 Å². The number of aromatic nitrogens is 1. The van der Waals surface area contributed by atoms with Crippen LogP contribution in [0.1, 0.15) is 30.3 Å². The number of halogens is 3. The van der Waals surface area contributed by atoms with Crippen LogP contribution in [0, 0.1) is 5.92 Å². The minimum Gasteiger partial charge on any atom is -0.337 e. The number of nitrogens with one attached hydrogen (secondary N) is 1. The molecule has 8 heteroatoms. The highest BCUT2D eigenvalue weighted by Crippen LogP contribution is 2.30. The van der Waals surface area contributed by atoms with E-state index in [9.17, 15) is 4.79 Å². The summed E-state index contributed by atoms with van der Waals surface area (Å²) in [5.74, 6) is 0.677. The highest BCUT2D eigenvalue weighted by atomic mass is 35.5. The van der Waals surface area contributed by atoms with Crippen LogP contribution in [0.5, 0.6) is 0 Å². The number of carbonyl (C=O) groups is 1. The summed E-state index contributed by atoms with van der Waals surface area (Å²) in [5.41, 5.74) is 1.39. The fourth-order valence-electron chi connectivity index (χ4n) is 2.98. The van der Waals surface area contributed by atoms with Crippen molar-refractivity contribution in [1.82, 2.24) is 15.2 Å². The summed E-state index contributed by atoms with van der Waals surface area (Å²) in [6.07, 6.45) is 2.09. The average molecular weight is 435 g/mol. The molecule has 1 aromatic carbocycles. The van der Waals surface area contributed by atoms with Gasteiger partial charge in [-0.05, 0) is 44.0 Å². The molecule has 4 nitrogen and oxygen atoms in total. The van der Waals surface area contributed by atoms with E-state index in [0.717, 1.165) is 49.6 Å². The van der Waals surface area contributed by atoms with Crippen LogP contribution in [0.2, 0.25) is 10.0 Å². The van der Waals surface area contributed by atoms with Gasteiger partial charge in [-0.15, -0.1) is 23.7 Å². The highest BCUT2D eigenvalue weighted by Gasteiger charge is 2.25. The standard InChI is InChI=1S/C18H21Cl2N3OS.ClH/c1-2-21-10-12-5-7-23(8-6-12)18(24)16-11-25-17(22-16)13-3-4-14(19)15(20)9-13;/h3-4,9,11-12,21H,2,5-8,10H2,1H3;1H. The van der Waals surface area contributed by atoms with Crippen LogP contribution in [-0.4, -0.2) is 42.0 Å². The summed E-state index contributed by atoms with van der Waals surface area (Å²) >= 11 is 13.5. The van der Waals surface area contributed by atoms with Crippen LogP contribution in [-0.2, 0) is 0 Å². The molecule has 0 saturated carbocycles. The Balaban J connectivity index is 0.00000243. The third kappa shape index (κ3) is 5.11. The minimum absolute atomic E-state index is 0. The molecule has 2 aromatic rings. The lowest BCUT2D eigenvalue weighted by molar-refractivity contribution is 0.0685. The van der Waals surface area contributed by atoms with Crippen LogP contribution >= 0.6 is 46.9 Å². The maximum atomic E-state index is 12.7. The SMILES string of the molecule is CCNCC1CCN(C(=O)c2csc(-c3ccc(Cl)c(Cl)c3)n2)CC1.Cl. The number of hydrogen-bond donors (Lipinski definition) is 1. The second-order valence-electron chi connectivity index (χ2n) is 6.21. The Morgan fingerprint density at radius 1 is 1.31 bits per heavy atom. The molecule has 1 saturated heterocycles. The summed E-state index contributed by atoms with van der Waals surface area (Å²) in [5, 5.41) is 7.00. The van der Waals surface area contributed by atoms with Crippen molar-refractivity contribution in [2.75, 3.05) is 26.2 Å². The van der Waals surface area contributed by atoms with Crippen molar-refractivity contribution in [3.05, 3.63) is 39.3 Å². The molecule has 26 heavy (non-hydrogen) atoms. The van der Waals surface area contributed by atoms with Crippen LogP contribution < -0.4 is 5.32 Å². The summed E-state index contributed by atoms with van der Waals surface area (Å²) < 4.78 is 0. The van der Waals surface area contributed by atoms with Crippen LogP contribution in [0.15, 0.2) is 23.6 Å². The van der Waals surface area contributed by atoms with Gasteiger partial charge in [0.1, 0.15) is 10.7 Å². The Morgan fingerprint density at radius 3 is 2.69 bits per heavy atom. The van der Waals surface area contributed by atoms with Crippen molar-refractivity contribution in [2.45, 2.75) is 19.8 Å². The molecule has 0 radical (unpaired) electrons. The average Bonchev–Trinajstić information content (AvgIpc) is 3.12. The number of amides is 1. The second kappa shape index (κ2) is 9.90. The van der Waals surface area contributed by atoms with Gasteiger partial charge in [0.05, 0.1) is 10.0 Å². The van der Waals surface area contributed by atoms with Crippen molar-refractivity contribution in [1.29, 1.82) is 0 Å². The molecule has 1 fully saturated rings. The van der Waals surface area contributed by atoms with Crippen molar-refractivity contribution in [2.24, 2.45) is 5.92 Å². The van der Waals surface area contributed by atoms with Crippen molar-refractivity contribution >= 4 is 52.9 Å². The van der Waals surface area contributed by atoms with Crippen LogP contribution in [0.4, 0.5) is 0 Å². The molecule has 0 bridgehead atoms. The Labute approximate surface area is 174 Å². The van der Waals surface area contributed by atoms with E-state index in [-0.39, 0.29) is 18.3 Å². The number of nitrogens with zero attached hydrogens (tertiary/aromatic N) is 2. The van der Waals surface area contributed by atoms with E-state index in [1.807, 2.05) is 16.3 Å². The fourth-order valence-corrected chi connectivity index (χ4v) is 4.07. The maximum Gasteiger partial charge on any atom is 0.273 e. The first-order chi connectivity index (χ1) is 12.1. The summed E-state index contributed by atoms with van der Waals surface area (Å²) in [4.78, 5) is 19.1. The van der Waals surface area contributed by atoms with Crippen molar-refractivity contribution in [3.63, 3.8) is 0 Å². The normalized spacial score (nSPS) is 15.0. The molecule has 1 aromatic heterocycles. The molecule has 1 amide bonds. The molecule has 1 aliphatic heterocycles. The van der Waals surface area contributed by atoms with E-state index < -0.39 is 0 Å². The lowest BCUT2D eigenvalue weighted by atomic mass is 9.96. The Kier molecular flexibility index (Phi) is 8.17. The first-order valence-corrected chi connectivity index (χ1v) is 10.1. The molecule has 1 aliphatic rings. The first-order valence-electron chi connectivity index (χ1n) is 8.49. The second-order valence-corrected chi connectivity index (χ2v) is 7.88. The van der Waals surface area contributed by atoms with E-state index in [0.29, 0.717) is 21.7 Å². The van der Waals surface area contributed by atoms with Gasteiger partial charge in [-0.3, -0.25) is 4.79 Å². The van der Waals surface area contributed by atoms with Gasteiger partial charge in [0.25, 0.3) is 5.91 Å². The smallest absolute Gasteiger partial charge is 0.273 e. The van der Waals surface area contributed by atoms with Gasteiger partial charge < -0.3 is 10.2 Å². The van der Waals surface area contributed by atoms with Crippen LogP contribution in [0.25, 0.3) is 10.6 Å². The largest absolute Gasteiger partial charge is 0.337 e. The van der Waals surface area contributed by atoms with Gasteiger partial charge in [-0.25, -0.2) is 4.98 Å². The summed E-state index contributed by atoms with van der Waals surface area (Å²) in [7, 11) is 0. The molecular formula is C18H22Cl3N3OS. The molecule has 142 valence electrons. The van der Waals surface area contributed by atoms with E-state index in [1.165, 1.54) is 11.3 Å². The summed E-state index contributed by atoms with van der Waals surface area (Å²) in [6, 6.07) is 5.40. The molecule has 1 N–H and O–H groups in total. The number of benzene rings is 1. The number of rotatable bonds is 5. The third-order valence-corrected chi connectivity index (χ3v) is 6.10. The predicted molar refractivity (Wildman–Crippen MR) is 112 cm³/mol. The topological polar surface area (TPSA) is 45.2 Å². The van der Waals surface area contributed by atoms with Gasteiger partial charge in [0, 0.05) is 24.0 Å². The number of carbonyl (C=O) groups excluding carboxylic acids is 1. The molecular weight excluding hydrogens is 413 g/mol. The minimum atomic E-state index is 0. The molecule has 3 rings (SSSR count). The Hall–Kier alpha value is -0.850. The van der Waals surface area contributed by atoms with Gasteiger partial charge in [0.15, 0.2) is 0 Å². The van der Waals surface area contributed by atoms with Gasteiger partial charge in [-0.1, -0.05) is 36.2 Å². The zero-order valence-corrected chi connectivity index (χ0v) is 17.6. The summed E-state index contributed by atoms with van der Waals surface area (Å²) in [6.45, 7) is 5.75. The van der Waals surface area contributed by atoms with Gasteiger partial charge in [-0.2, -0.15) is 0 Å². The first kappa shape index (κ1) is 21.5. The van der Waals surface area contributed by atoms with E-state index in [4.69, 9.17) is 23.2 Å². The highest BCUT2D eigenvalue weighted by molar-refractivity contribution is 7.13. The Morgan fingerprint density at radius 2 is 2.04 bits per heavy atom. The lowest BCUT2D eigenvalue weighted by Crippen LogP contribution is -2.40. The van der Waals surface area contributed by atoms with E-state index in [2.05, 4.69) is 17.2 Å². The van der Waals surface area contributed by atoms with E-state index >= 15 is 0 Å². The predicted octanol–water partition coefficient (Wildman–Crippen LogP) is 5.00. The number of hydrogen-bond acceptors (Lipinski definition) is 4. The Bertz CT molecular complexity index is 745. The zero-order chi connectivity index (χ0) is 17.8. The maximum absolute atomic E-state index is 12.7. The molecule has 2 heterocycles.